The molecule has 0 spiro atoms. The normalized spacial score (nSPS) is 18.2. The number of morpholine rings is 1. The fourth-order valence-corrected chi connectivity index (χ4v) is 3.16. The van der Waals surface area contributed by atoms with Crippen LogP contribution in [0.25, 0.3) is 11.0 Å². The zero-order valence-electron chi connectivity index (χ0n) is 13.3. The van der Waals surface area contributed by atoms with Crippen LogP contribution in [-0.4, -0.2) is 50.3 Å². The van der Waals surface area contributed by atoms with Gasteiger partial charge >= 0.3 is 0 Å². The van der Waals surface area contributed by atoms with Crippen molar-refractivity contribution in [2.75, 3.05) is 19.8 Å². The Morgan fingerprint density at radius 1 is 1.33 bits per heavy atom. The van der Waals surface area contributed by atoms with Gasteiger partial charge in [-0.25, -0.2) is 4.98 Å². The number of hydrogen-bond acceptors (Lipinski definition) is 4. The van der Waals surface area contributed by atoms with Crippen LogP contribution in [0.1, 0.15) is 18.2 Å². The van der Waals surface area contributed by atoms with E-state index < -0.39 is 0 Å². The Labute approximate surface area is 139 Å². The van der Waals surface area contributed by atoms with E-state index >= 15 is 0 Å². The summed E-state index contributed by atoms with van der Waals surface area (Å²) in [6.07, 6.45) is 3.93. The summed E-state index contributed by atoms with van der Waals surface area (Å²) >= 11 is 0. The van der Waals surface area contributed by atoms with E-state index in [-0.39, 0.29) is 11.9 Å². The molecule has 1 fully saturated rings. The van der Waals surface area contributed by atoms with Crippen molar-refractivity contribution in [1.29, 1.82) is 0 Å². The average molecular weight is 325 g/mol. The number of ether oxygens (including phenoxy) is 1. The monoisotopic (exact) mass is 325 g/mol. The molecule has 0 bridgehead atoms. The van der Waals surface area contributed by atoms with E-state index in [9.17, 15) is 4.79 Å². The fraction of sp³-hybridized carbons (Fsp3) is 0.353. The summed E-state index contributed by atoms with van der Waals surface area (Å²) in [5.41, 5.74) is 2.92. The number of nitrogens with one attached hydrogen (secondary N) is 1. The highest BCUT2D eigenvalue weighted by Crippen LogP contribution is 2.23. The van der Waals surface area contributed by atoms with Crippen molar-refractivity contribution < 1.29 is 9.53 Å². The third kappa shape index (κ3) is 2.78. The molecule has 24 heavy (non-hydrogen) atoms. The molecule has 1 aromatic carbocycles. The Kier molecular flexibility index (Phi) is 4.00. The van der Waals surface area contributed by atoms with Gasteiger partial charge in [-0.3, -0.25) is 9.89 Å². The number of amides is 1. The lowest BCUT2D eigenvalue weighted by molar-refractivity contribution is -0.140. The standard InChI is InChI=1S/C17H19N5O2/c23-17(6-8-21-12-18-13-3-1-2-4-15(13)21)22-9-10-24-11-16(22)14-5-7-19-20-14/h1-5,7,12,16H,6,8-11H2,(H,19,20)/t16-/m0/s1. The number of para-hydroxylation sites is 2. The molecule has 0 unspecified atom stereocenters. The van der Waals surface area contributed by atoms with E-state index in [1.165, 1.54) is 0 Å². The van der Waals surface area contributed by atoms with Crippen LogP contribution >= 0.6 is 0 Å². The maximum Gasteiger partial charge on any atom is 0.225 e. The predicted molar refractivity (Wildman–Crippen MR) is 88.2 cm³/mol. The molecule has 124 valence electrons. The summed E-state index contributed by atoms with van der Waals surface area (Å²) in [5.74, 6) is 0.121. The molecule has 3 heterocycles. The largest absolute Gasteiger partial charge is 0.377 e. The van der Waals surface area contributed by atoms with Gasteiger partial charge in [-0.05, 0) is 18.2 Å². The van der Waals surface area contributed by atoms with Crippen molar-refractivity contribution in [1.82, 2.24) is 24.6 Å². The topological polar surface area (TPSA) is 76.0 Å². The van der Waals surface area contributed by atoms with Gasteiger partial charge in [-0.1, -0.05) is 12.1 Å². The minimum absolute atomic E-state index is 0.0896. The number of nitrogens with zero attached hydrogens (tertiary/aromatic N) is 4. The van der Waals surface area contributed by atoms with Gasteiger partial charge in [0.2, 0.25) is 5.91 Å². The second-order valence-electron chi connectivity index (χ2n) is 5.87. The van der Waals surface area contributed by atoms with Gasteiger partial charge in [0.1, 0.15) is 0 Å². The summed E-state index contributed by atoms with van der Waals surface area (Å²) in [7, 11) is 0. The van der Waals surface area contributed by atoms with Gasteiger partial charge in [0, 0.05) is 25.7 Å². The Hall–Kier alpha value is -2.67. The Bertz CT molecular complexity index is 827. The summed E-state index contributed by atoms with van der Waals surface area (Å²) < 4.78 is 7.56. The molecule has 1 amide bonds. The predicted octanol–water partition coefficient (Wildman–Crippen LogP) is 1.75. The number of imidazole rings is 1. The maximum absolute atomic E-state index is 12.7. The minimum Gasteiger partial charge on any atom is -0.377 e. The lowest BCUT2D eigenvalue weighted by atomic mass is 10.1. The molecule has 7 nitrogen and oxygen atoms in total. The minimum atomic E-state index is -0.0896. The number of aryl methyl sites for hydroxylation is 1. The number of aromatic nitrogens is 4. The number of carbonyl (C=O) groups is 1. The molecule has 1 aliphatic rings. The Balaban J connectivity index is 1.47. The van der Waals surface area contributed by atoms with Crippen LogP contribution in [0, 0.1) is 0 Å². The first-order valence-electron chi connectivity index (χ1n) is 8.09. The van der Waals surface area contributed by atoms with Crippen LogP contribution < -0.4 is 0 Å². The number of carbonyl (C=O) groups excluding carboxylic acids is 1. The molecule has 1 N–H and O–H groups in total. The van der Waals surface area contributed by atoms with Crippen molar-refractivity contribution in [2.24, 2.45) is 0 Å². The van der Waals surface area contributed by atoms with Crippen molar-refractivity contribution in [2.45, 2.75) is 19.0 Å². The first-order valence-corrected chi connectivity index (χ1v) is 8.09. The van der Waals surface area contributed by atoms with E-state index in [4.69, 9.17) is 4.74 Å². The smallest absolute Gasteiger partial charge is 0.225 e. The SMILES string of the molecule is O=C(CCn1cnc2ccccc21)N1CCOC[C@H]1c1ccn[nH]1. The molecule has 3 aromatic rings. The van der Waals surface area contributed by atoms with Crippen LogP contribution in [0.15, 0.2) is 42.9 Å². The van der Waals surface area contributed by atoms with Crippen molar-refractivity contribution in [3.63, 3.8) is 0 Å². The molecule has 7 heteroatoms. The van der Waals surface area contributed by atoms with Crippen LogP contribution in [-0.2, 0) is 16.1 Å². The maximum atomic E-state index is 12.7. The molecule has 0 radical (unpaired) electrons. The number of hydrogen-bond donors (Lipinski definition) is 1. The molecule has 1 saturated heterocycles. The molecule has 0 aliphatic carbocycles. The van der Waals surface area contributed by atoms with Crippen LogP contribution in [0.4, 0.5) is 0 Å². The van der Waals surface area contributed by atoms with Crippen molar-refractivity contribution in [3.8, 4) is 0 Å². The highest BCUT2D eigenvalue weighted by Gasteiger charge is 2.29. The van der Waals surface area contributed by atoms with Gasteiger partial charge in [0.05, 0.1) is 42.3 Å². The third-order valence-electron chi connectivity index (χ3n) is 4.42. The zero-order valence-corrected chi connectivity index (χ0v) is 13.3. The van der Waals surface area contributed by atoms with Gasteiger partial charge in [-0.15, -0.1) is 0 Å². The first-order chi connectivity index (χ1) is 11.8. The van der Waals surface area contributed by atoms with Gasteiger partial charge < -0.3 is 14.2 Å². The highest BCUT2D eigenvalue weighted by molar-refractivity contribution is 5.78. The van der Waals surface area contributed by atoms with E-state index in [1.54, 1.807) is 12.5 Å². The van der Waals surface area contributed by atoms with Gasteiger partial charge in [0.25, 0.3) is 0 Å². The number of fused-ring (bicyclic) bond motifs is 1. The molecule has 0 saturated carbocycles. The lowest BCUT2D eigenvalue weighted by Gasteiger charge is -2.35. The molecular weight excluding hydrogens is 306 g/mol. The molecule has 1 atom stereocenters. The zero-order chi connectivity index (χ0) is 16.4. The number of aromatic amines is 1. The van der Waals surface area contributed by atoms with Crippen LogP contribution in [0.3, 0.4) is 0 Å². The number of benzene rings is 1. The summed E-state index contributed by atoms with van der Waals surface area (Å²) in [5, 5.41) is 6.93. The summed E-state index contributed by atoms with van der Waals surface area (Å²) in [6.45, 7) is 2.30. The Morgan fingerprint density at radius 2 is 2.25 bits per heavy atom. The van der Waals surface area contributed by atoms with E-state index in [1.807, 2.05) is 39.8 Å². The molecular formula is C17H19N5O2. The summed E-state index contributed by atoms with van der Waals surface area (Å²) in [4.78, 5) is 19.0. The molecule has 1 aliphatic heterocycles. The van der Waals surface area contributed by atoms with Gasteiger partial charge in [-0.2, -0.15) is 5.10 Å². The molecule has 2 aromatic heterocycles. The summed E-state index contributed by atoms with van der Waals surface area (Å²) in [6, 6.07) is 9.75. The average Bonchev–Trinajstić information content (AvgIpc) is 3.30. The second-order valence-corrected chi connectivity index (χ2v) is 5.87. The third-order valence-corrected chi connectivity index (χ3v) is 4.42. The first kappa shape index (κ1) is 14.9. The number of rotatable bonds is 4. The fourth-order valence-electron chi connectivity index (χ4n) is 3.16. The highest BCUT2D eigenvalue weighted by atomic mass is 16.5. The van der Waals surface area contributed by atoms with Gasteiger partial charge in [0.15, 0.2) is 0 Å². The quantitative estimate of drug-likeness (QED) is 0.793. The van der Waals surface area contributed by atoms with E-state index in [0.29, 0.717) is 32.7 Å². The molecule has 4 rings (SSSR count). The second kappa shape index (κ2) is 6.45. The lowest BCUT2D eigenvalue weighted by Crippen LogP contribution is -2.43. The van der Waals surface area contributed by atoms with Crippen molar-refractivity contribution >= 4 is 16.9 Å². The van der Waals surface area contributed by atoms with E-state index in [0.717, 1.165) is 16.7 Å². The number of H-pyrrole nitrogens is 1. The van der Waals surface area contributed by atoms with E-state index in [2.05, 4.69) is 15.2 Å². The van der Waals surface area contributed by atoms with Crippen LogP contribution in [0.2, 0.25) is 0 Å². The van der Waals surface area contributed by atoms with Crippen LogP contribution in [0.5, 0.6) is 0 Å². The van der Waals surface area contributed by atoms with Crippen molar-refractivity contribution in [3.05, 3.63) is 48.5 Å². The Morgan fingerprint density at radius 3 is 3.12 bits per heavy atom.